The number of carbonyl (C=O) groups is 2. The van der Waals surface area contributed by atoms with E-state index in [9.17, 15) is 9.59 Å². The predicted molar refractivity (Wildman–Crippen MR) is 84.3 cm³/mol. The number of hydrogen-bond donors (Lipinski definition) is 2. The highest BCUT2D eigenvalue weighted by atomic mass is 32.1. The highest BCUT2D eigenvalue weighted by Crippen LogP contribution is 2.05. The maximum atomic E-state index is 11.7. The van der Waals surface area contributed by atoms with Crippen molar-refractivity contribution in [3.63, 3.8) is 0 Å². The minimum absolute atomic E-state index is 0.0683. The van der Waals surface area contributed by atoms with Gasteiger partial charge in [-0.2, -0.15) is 11.3 Å². The third-order valence-corrected chi connectivity index (χ3v) is 3.71. The average Bonchev–Trinajstić information content (AvgIpc) is 3.01. The first-order chi connectivity index (χ1) is 10.1. The molecule has 2 aromatic rings. The van der Waals surface area contributed by atoms with Gasteiger partial charge in [-0.05, 0) is 23.9 Å². The molecular weight excluding hydrogens is 284 g/mol. The molecule has 0 spiro atoms. The number of benzene rings is 1. The van der Waals surface area contributed by atoms with E-state index in [1.54, 1.807) is 11.4 Å². The van der Waals surface area contributed by atoms with Gasteiger partial charge in [0, 0.05) is 30.5 Å². The number of thiophene rings is 1. The fourth-order valence-electron chi connectivity index (χ4n) is 1.78. The summed E-state index contributed by atoms with van der Waals surface area (Å²) in [6.45, 7) is 2.88. The van der Waals surface area contributed by atoms with Crippen LogP contribution in [0, 0.1) is 6.92 Å². The SMILES string of the molecule is Cc1ccc(CNC(=O)CCNC(=O)c2ccsc2)cc1. The van der Waals surface area contributed by atoms with Crippen molar-refractivity contribution in [1.29, 1.82) is 0 Å². The summed E-state index contributed by atoms with van der Waals surface area (Å²) >= 11 is 1.47. The Kier molecular flexibility index (Phi) is 5.51. The molecule has 0 radical (unpaired) electrons. The molecule has 0 aliphatic rings. The van der Waals surface area contributed by atoms with Gasteiger partial charge >= 0.3 is 0 Å². The average molecular weight is 302 g/mol. The van der Waals surface area contributed by atoms with Gasteiger partial charge in [0.1, 0.15) is 0 Å². The molecule has 5 heteroatoms. The van der Waals surface area contributed by atoms with Crippen molar-refractivity contribution < 1.29 is 9.59 Å². The van der Waals surface area contributed by atoms with Crippen molar-refractivity contribution in [3.05, 3.63) is 57.8 Å². The summed E-state index contributed by atoms with van der Waals surface area (Å²) in [5.74, 6) is -0.205. The predicted octanol–water partition coefficient (Wildman–Crippen LogP) is 2.49. The molecule has 1 aromatic carbocycles. The van der Waals surface area contributed by atoms with Crippen molar-refractivity contribution in [2.75, 3.05) is 6.54 Å². The van der Waals surface area contributed by atoms with Crippen LogP contribution in [0.1, 0.15) is 27.9 Å². The molecule has 1 heterocycles. The van der Waals surface area contributed by atoms with Crippen molar-refractivity contribution in [2.45, 2.75) is 19.9 Å². The summed E-state index contributed by atoms with van der Waals surface area (Å²) in [7, 11) is 0. The van der Waals surface area contributed by atoms with Crippen LogP contribution in [-0.4, -0.2) is 18.4 Å². The number of amides is 2. The zero-order valence-electron chi connectivity index (χ0n) is 11.9. The van der Waals surface area contributed by atoms with Gasteiger partial charge in [0.2, 0.25) is 5.91 Å². The standard InChI is InChI=1S/C16H18N2O2S/c1-12-2-4-13(5-3-12)10-18-15(19)6-8-17-16(20)14-7-9-21-11-14/h2-5,7,9,11H,6,8,10H2,1H3,(H,17,20)(H,18,19). The van der Waals surface area contributed by atoms with Crippen LogP contribution in [0.2, 0.25) is 0 Å². The van der Waals surface area contributed by atoms with Crippen molar-refractivity contribution in [3.8, 4) is 0 Å². The zero-order valence-corrected chi connectivity index (χ0v) is 12.7. The first kappa shape index (κ1) is 15.3. The highest BCUT2D eigenvalue weighted by molar-refractivity contribution is 7.08. The summed E-state index contributed by atoms with van der Waals surface area (Å²) in [5.41, 5.74) is 2.90. The fraction of sp³-hybridized carbons (Fsp3) is 0.250. The van der Waals surface area contributed by atoms with Gasteiger partial charge in [0.05, 0.1) is 0 Å². The Morgan fingerprint density at radius 3 is 2.52 bits per heavy atom. The molecule has 0 fully saturated rings. The smallest absolute Gasteiger partial charge is 0.252 e. The minimum atomic E-state index is -0.136. The van der Waals surface area contributed by atoms with E-state index in [1.807, 2.05) is 36.6 Å². The summed E-state index contributed by atoms with van der Waals surface area (Å²) in [6, 6.07) is 9.78. The summed E-state index contributed by atoms with van der Waals surface area (Å²) in [5, 5.41) is 9.20. The Labute approximate surface area is 128 Å². The fourth-order valence-corrected chi connectivity index (χ4v) is 2.42. The van der Waals surface area contributed by atoms with E-state index in [1.165, 1.54) is 16.9 Å². The molecule has 0 unspecified atom stereocenters. The van der Waals surface area contributed by atoms with Crippen LogP contribution >= 0.6 is 11.3 Å². The maximum absolute atomic E-state index is 11.7. The first-order valence-electron chi connectivity index (χ1n) is 6.78. The van der Waals surface area contributed by atoms with E-state index in [2.05, 4.69) is 10.6 Å². The summed E-state index contributed by atoms with van der Waals surface area (Å²) in [4.78, 5) is 23.4. The lowest BCUT2D eigenvalue weighted by Gasteiger charge is -2.06. The van der Waals surface area contributed by atoms with Crippen LogP contribution in [0.15, 0.2) is 41.1 Å². The quantitative estimate of drug-likeness (QED) is 0.861. The topological polar surface area (TPSA) is 58.2 Å². The zero-order chi connectivity index (χ0) is 15.1. The number of rotatable bonds is 6. The molecule has 0 aliphatic heterocycles. The number of aryl methyl sites for hydroxylation is 1. The normalized spacial score (nSPS) is 10.1. The van der Waals surface area contributed by atoms with E-state index in [0.717, 1.165) is 5.56 Å². The molecule has 4 nitrogen and oxygen atoms in total. The van der Waals surface area contributed by atoms with E-state index < -0.39 is 0 Å². The Bertz CT molecular complexity index is 591. The van der Waals surface area contributed by atoms with Crippen molar-refractivity contribution >= 4 is 23.2 Å². The lowest BCUT2D eigenvalue weighted by atomic mass is 10.1. The van der Waals surface area contributed by atoms with E-state index >= 15 is 0 Å². The second-order valence-electron chi connectivity index (χ2n) is 4.78. The Balaban J connectivity index is 1.66. The third-order valence-electron chi connectivity index (χ3n) is 3.03. The third kappa shape index (κ3) is 5.04. The minimum Gasteiger partial charge on any atom is -0.352 e. The Morgan fingerprint density at radius 1 is 1.10 bits per heavy atom. The molecule has 2 amide bonds. The monoisotopic (exact) mass is 302 g/mol. The number of nitrogens with one attached hydrogen (secondary N) is 2. The van der Waals surface area contributed by atoms with Gasteiger partial charge < -0.3 is 10.6 Å². The lowest BCUT2D eigenvalue weighted by molar-refractivity contribution is -0.121. The first-order valence-corrected chi connectivity index (χ1v) is 7.72. The molecule has 0 aliphatic carbocycles. The van der Waals surface area contributed by atoms with Gasteiger partial charge in [-0.3, -0.25) is 9.59 Å². The lowest BCUT2D eigenvalue weighted by Crippen LogP contribution is -2.30. The van der Waals surface area contributed by atoms with Crippen LogP contribution in [0.4, 0.5) is 0 Å². The molecule has 21 heavy (non-hydrogen) atoms. The van der Waals surface area contributed by atoms with E-state index in [-0.39, 0.29) is 18.2 Å². The van der Waals surface area contributed by atoms with Crippen LogP contribution in [0.3, 0.4) is 0 Å². The van der Waals surface area contributed by atoms with Gasteiger partial charge in [0.15, 0.2) is 0 Å². The van der Waals surface area contributed by atoms with Crippen LogP contribution in [-0.2, 0) is 11.3 Å². The largest absolute Gasteiger partial charge is 0.352 e. The molecule has 0 bridgehead atoms. The van der Waals surface area contributed by atoms with Crippen LogP contribution in [0.5, 0.6) is 0 Å². The van der Waals surface area contributed by atoms with E-state index in [0.29, 0.717) is 18.7 Å². The van der Waals surface area contributed by atoms with Crippen molar-refractivity contribution in [2.24, 2.45) is 0 Å². The van der Waals surface area contributed by atoms with Gasteiger partial charge in [-0.25, -0.2) is 0 Å². The molecule has 1 aromatic heterocycles. The molecule has 0 saturated carbocycles. The maximum Gasteiger partial charge on any atom is 0.252 e. The molecule has 110 valence electrons. The summed E-state index contributed by atoms with van der Waals surface area (Å²) in [6.07, 6.45) is 0.280. The van der Waals surface area contributed by atoms with Crippen molar-refractivity contribution in [1.82, 2.24) is 10.6 Å². The van der Waals surface area contributed by atoms with Crippen LogP contribution in [0.25, 0.3) is 0 Å². The van der Waals surface area contributed by atoms with Gasteiger partial charge in [-0.1, -0.05) is 29.8 Å². The Hall–Kier alpha value is -2.14. The molecular formula is C16H18N2O2S. The molecule has 0 saturated heterocycles. The van der Waals surface area contributed by atoms with Gasteiger partial charge in [0.25, 0.3) is 5.91 Å². The molecule has 2 rings (SSSR count). The van der Waals surface area contributed by atoms with Crippen LogP contribution < -0.4 is 10.6 Å². The highest BCUT2D eigenvalue weighted by Gasteiger charge is 2.06. The van der Waals surface area contributed by atoms with Gasteiger partial charge in [-0.15, -0.1) is 0 Å². The summed E-state index contributed by atoms with van der Waals surface area (Å²) < 4.78 is 0. The molecule has 0 atom stereocenters. The molecule has 2 N–H and O–H groups in total. The Morgan fingerprint density at radius 2 is 1.86 bits per heavy atom. The number of carbonyl (C=O) groups excluding carboxylic acids is 2. The van der Waals surface area contributed by atoms with E-state index in [4.69, 9.17) is 0 Å². The second kappa shape index (κ2) is 7.59. The number of hydrogen-bond acceptors (Lipinski definition) is 3. The second-order valence-corrected chi connectivity index (χ2v) is 5.56.